The summed E-state index contributed by atoms with van der Waals surface area (Å²) < 4.78 is 40.7. The summed E-state index contributed by atoms with van der Waals surface area (Å²) in [7, 11) is 0. The van der Waals surface area contributed by atoms with Crippen molar-refractivity contribution >= 4 is 5.69 Å². The van der Waals surface area contributed by atoms with Crippen molar-refractivity contribution in [3.8, 4) is 28.0 Å². The van der Waals surface area contributed by atoms with Gasteiger partial charge in [0, 0.05) is 16.8 Å². The van der Waals surface area contributed by atoms with Crippen LogP contribution in [-0.4, -0.2) is 5.11 Å². The number of nitrogen functional groups attached to an aromatic ring is 1. The molecule has 0 aliphatic carbocycles. The molecule has 3 aromatic rings. The predicted molar refractivity (Wildman–Crippen MR) is 88.4 cm³/mol. The second-order valence-corrected chi connectivity index (χ2v) is 5.36. The summed E-state index contributed by atoms with van der Waals surface area (Å²) in [5.74, 6) is -0.0162. The second kappa shape index (κ2) is 5.92. The summed E-state index contributed by atoms with van der Waals surface area (Å²) in [5, 5.41) is 9.43. The molecule has 5 heteroatoms. The van der Waals surface area contributed by atoms with Gasteiger partial charge in [-0.25, -0.2) is 0 Å². The Morgan fingerprint density at radius 1 is 0.708 bits per heavy atom. The molecule has 0 unspecified atom stereocenters. The monoisotopic (exact) mass is 329 g/mol. The quantitative estimate of drug-likeness (QED) is 0.624. The van der Waals surface area contributed by atoms with E-state index in [4.69, 9.17) is 5.73 Å². The highest BCUT2D eigenvalue weighted by Crippen LogP contribution is 2.45. The summed E-state index contributed by atoms with van der Waals surface area (Å²) in [6, 6.07) is 16.6. The molecule has 0 saturated carbocycles. The van der Waals surface area contributed by atoms with E-state index in [-0.39, 0.29) is 17.0 Å². The number of hydrogen-bond acceptors (Lipinski definition) is 2. The second-order valence-electron chi connectivity index (χ2n) is 5.36. The van der Waals surface area contributed by atoms with Gasteiger partial charge in [-0.3, -0.25) is 0 Å². The molecular formula is C19H14F3NO. The van der Waals surface area contributed by atoms with Crippen LogP contribution in [0.3, 0.4) is 0 Å². The van der Waals surface area contributed by atoms with Gasteiger partial charge < -0.3 is 10.8 Å². The number of benzene rings is 3. The molecule has 0 bridgehead atoms. The van der Waals surface area contributed by atoms with Gasteiger partial charge in [0.15, 0.2) is 0 Å². The van der Waals surface area contributed by atoms with E-state index < -0.39 is 11.7 Å². The fourth-order valence-corrected chi connectivity index (χ4v) is 2.70. The SMILES string of the molecule is Nc1ccc(C(F)(F)F)c(-c2ccc(O)cc2)c1-c1ccccc1. The fourth-order valence-electron chi connectivity index (χ4n) is 2.70. The third-order valence-corrected chi connectivity index (χ3v) is 3.76. The number of aromatic hydroxyl groups is 1. The minimum atomic E-state index is -4.52. The Bertz CT molecular complexity index is 856. The van der Waals surface area contributed by atoms with Crippen LogP contribution in [0.2, 0.25) is 0 Å². The largest absolute Gasteiger partial charge is 0.508 e. The van der Waals surface area contributed by atoms with Crippen LogP contribution in [0.25, 0.3) is 22.3 Å². The van der Waals surface area contributed by atoms with E-state index in [9.17, 15) is 18.3 Å². The molecule has 3 rings (SSSR count). The van der Waals surface area contributed by atoms with Crippen molar-refractivity contribution in [1.29, 1.82) is 0 Å². The van der Waals surface area contributed by atoms with Crippen LogP contribution < -0.4 is 5.73 Å². The highest BCUT2D eigenvalue weighted by atomic mass is 19.4. The standard InChI is InChI=1S/C19H14F3NO/c20-19(21,22)15-10-11-16(23)18(12-4-2-1-3-5-12)17(15)13-6-8-14(24)9-7-13/h1-11,24H,23H2. The van der Waals surface area contributed by atoms with E-state index in [1.165, 1.54) is 30.3 Å². The number of nitrogens with two attached hydrogens (primary N) is 1. The van der Waals surface area contributed by atoms with Crippen LogP contribution in [0.15, 0.2) is 66.7 Å². The maximum Gasteiger partial charge on any atom is 0.417 e. The van der Waals surface area contributed by atoms with E-state index in [0.717, 1.165) is 6.07 Å². The Hall–Kier alpha value is -2.95. The zero-order valence-corrected chi connectivity index (χ0v) is 12.5. The molecule has 0 spiro atoms. The Morgan fingerprint density at radius 2 is 1.29 bits per heavy atom. The highest BCUT2D eigenvalue weighted by molar-refractivity contribution is 5.93. The Labute approximate surface area is 137 Å². The van der Waals surface area contributed by atoms with E-state index in [1.807, 2.05) is 0 Å². The van der Waals surface area contributed by atoms with Crippen LogP contribution >= 0.6 is 0 Å². The molecule has 0 amide bonds. The zero-order chi connectivity index (χ0) is 17.3. The van der Waals surface area contributed by atoms with Gasteiger partial charge in [0.25, 0.3) is 0 Å². The fraction of sp³-hybridized carbons (Fsp3) is 0.0526. The Morgan fingerprint density at radius 3 is 1.88 bits per heavy atom. The first-order valence-electron chi connectivity index (χ1n) is 7.22. The van der Waals surface area contributed by atoms with E-state index >= 15 is 0 Å². The first-order chi connectivity index (χ1) is 11.4. The molecule has 3 aromatic carbocycles. The lowest BCUT2D eigenvalue weighted by molar-refractivity contribution is -0.137. The topological polar surface area (TPSA) is 46.2 Å². The van der Waals surface area contributed by atoms with Crippen molar-refractivity contribution < 1.29 is 18.3 Å². The third-order valence-electron chi connectivity index (χ3n) is 3.76. The minimum Gasteiger partial charge on any atom is -0.508 e. The van der Waals surface area contributed by atoms with Gasteiger partial charge in [-0.1, -0.05) is 42.5 Å². The van der Waals surface area contributed by atoms with E-state index in [1.54, 1.807) is 30.3 Å². The molecule has 0 radical (unpaired) electrons. The van der Waals surface area contributed by atoms with E-state index in [0.29, 0.717) is 16.7 Å². The smallest absolute Gasteiger partial charge is 0.417 e. The van der Waals surface area contributed by atoms with Gasteiger partial charge in [-0.15, -0.1) is 0 Å². The van der Waals surface area contributed by atoms with Crippen LogP contribution in [0.5, 0.6) is 5.75 Å². The summed E-state index contributed by atoms with van der Waals surface area (Å²) in [4.78, 5) is 0. The summed E-state index contributed by atoms with van der Waals surface area (Å²) in [6.07, 6.45) is -4.52. The van der Waals surface area contributed by atoms with Gasteiger partial charge in [0.05, 0.1) is 5.56 Å². The van der Waals surface area contributed by atoms with Gasteiger partial charge in [-0.05, 0) is 35.4 Å². The Kier molecular flexibility index (Phi) is 3.93. The molecule has 0 heterocycles. The number of alkyl halides is 3. The number of phenolic OH excluding ortho intramolecular Hbond substituents is 1. The predicted octanol–water partition coefficient (Wildman–Crippen LogP) is 5.33. The van der Waals surface area contributed by atoms with Crippen molar-refractivity contribution in [2.45, 2.75) is 6.18 Å². The van der Waals surface area contributed by atoms with Crippen molar-refractivity contribution in [3.63, 3.8) is 0 Å². The molecule has 2 nitrogen and oxygen atoms in total. The Balaban J connectivity index is 2.38. The lowest BCUT2D eigenvalue weighted by Crippen LogP contribution is -2.09. The van der Waals surface area contributed by atoms with Crippen molar-refractivity contribution in [2.75, 3.05) is 5.73 Å². The normalized spacial score (nSPS) is 11.5. The molecule has 24 heavy (non-hydrogen) atoms. The summed E-state index contributed by atoms with van der Waals surface area (Å²) in [5.41, 5.74) is 6.79. The maximum absolute atomic E-state index is 13.6. The van der Waals surface area contributed by atoms with Gasteiger partial charge in [0.2, 0.25) is 0 Å². The molecule has 0 fully saturated rings. The molecule has 0 aliphatic rings. The number of halogens is 3. The van der Waals surface area contributed by atoms with Crippen LogP contribution in [0.4, 0.5) is 18.9 Å². The highest BCUT2D eigenvalue weighted by Gasteiger charge is 2.35. The molecule has 0 aromatic heterocycles. The first-order valence-corrected chi connectivity index (χ1v) is 7.22. The maximum atomic E-state index is 13.6. The average Bonchev–Trinajstić information content (AvgIpc) is 2.55. The molecule has 0 saturated heterocycles. The summed E-state index contributed by atoms with van der Waals surface area (Å²) >= 11 is 0. The molecule has 0 atom stereocenters. The van der Waals surface area contributed by atoms with Gasteiger partial charge in [0.1, 0.15) is 5.75 Å². The first kappa shape index (κ1) is 15.9. The van der Waals surface area contributed by atoms with Crippen molar-refractivity contribution in [1.82, 2.24) is 0 Å². The third kappa shape index (κ3) is 2.93. The lowest BCUT2D eigenvalue weighted by Gasteiger charge is -2.19. The molecular weight excluding hydrogens is 315 g/mol. The molecule has 3 N–H and O–H groups in total. The average molecular weight is 329 g/mol. The van der Waals surface area contributed by atoms with Gasteiger partial charge in [-0.2, -0.15) is 13.2 Å². The number of hydrogen-bond donors (Lipinski definition) is 2. The van der Waals surface area contributed by atoms with Crippen LogP contribution in [0, 0.1) is 0 Å². The number of rotatable bonds is 2. The van der Waals surface area contributed by atoms with Crippen molar-refractivity contribution in [3.05, 3.63) is 72.3 Å². The van der Waals surface area contributed by atoms with Crippen LogP contribution in [-0.2, 0) is 6.18 Å². The minimum absolute atomic E-state index is 0.00806. The molecule has 0 aliphatic heterocycles. The van der Waals surface area contributed by atoms with E-state index in [2.05, 4.69) is 0 Å². The zero-order valence-electron chi connectivity index (χ0n) is 12.5. The lowest BCUT2D eigenvalue weighted by atomic mass is 9.89. The van der Waals surface area contributed by atoms with Crippen LogP contribution in [0.1, 0.15) is 5.56 Å². The molecule has 122 valence electrons. The number of phenols is 1. The van der Waals surface area contributed by atoms with Crippen molar-refractivity contribution in [2.24, 2.45) is 0 Å². The van der Waals surface area contributed by atoms with Gasteiger partial charge >= 0.3 is 6.18 Å². The number of anilines is 1. The summed E-state index contributed by atoms with van der Waals surface area (Å²) in [6.45, 7) is 0.